The van der Waals surface area contributed by atoms with Gasteiger partial charge in [0.15, 0.2) is 0 Å². The summed E-state index contributed by atoms with van der Waals surface area (Å²) in [7, 11) is 0. The Hall–Kier alpha value is -2.36. The fourth-order valence-electron chi connectivity index (χ4n) is 6.81. The van der Waals surface area contributed by atoms with Gasteiger partial charge in [0.25, 0.3) is 0 Å². The van der Waals surface area contributed by atoms with Crippen molar-refractivity contribution < 1.29 is 57.5 Å². The summed E-state index contributed by atoms with van der Waals surface area (Å²) in [5, 5.41) is 41.6. The topological polar surface area (TPSA) is 167 Å². The molecule has 0 aliphatic carbocycles. The van der Waals surface area contributed by atoms with Crippen LogP contribution < -0.4 is 20.4 Å². The van der Waals surface area contributed by atoms with Gasteiger partial charge >= 0.3 is 0 Å². The molecule has 0 bridgehead atoms. The lowest BCUT2D eigenvalue weighted by molar-refractivity contribution is -0.921. The third-order valence-corrected chi connectivity index (χ3v) is 12.9. The summed E-state index contributed by atoms with van der Waals surface area (Å²) in [5.74, 6) is -6.12. The van der Waals surface area contributed by atoms with E-state index in [1.54, 1.807) is 0 Å². The number of nitrogens with zero attached hydrogens (tertiary/aromatic N) is 6. The number of carbonyl (C=O) groups excluding carboxylic acids is 4. The second kappa shape index (κ2) is 36.9. The quantitative estimate of drug-likeness (QED) is 0.104. The van der Waals surface area contributed by atoms with E-state index >= 15 is 0 Å². The third kappa shape index (κ3) is 29.8. The Morgan fingerprint density at radius 3 is 0.446 bits per heavy atom. The van der Waals surface area contributed by atoms with E-state index in [1.165, 1.54) is 123 Å². The van der Waals surface area contributed by atoms with Crippen LogP contribution in [0.5, 0.6) is 0 Å². The van der Waals surface area contributed by atoms with Crippen molar-refractivity contribution in [1.29, 1.82) is 0 Å². The maximum absolute atomic E-state index is 10.4. The van der Waals surface area contributed by atoms with E-state index in [9.17, 15) is 39.6 Å². The van der Waals surface area contributed by atoms with Crippen LogP contribution in [0.2, 0.25) is 0 Å². The first kappa shape index (κ1) is 62.8. The zero-order chi connectivity index (χ0) is 45.0. The van der Waals surface area contributed by atoms with Gasteiger partial charge < -0.3 is 57.5 Å². The summed E-state index contributed by atoms with van der Waals surface area (Å²) in [6.45, 7) is 53.6. The molecule has 0 aliphatic rings. The molecule has 0 aromatic rings. The molecule has 14 nitrogen and oxygen atoms in total. The summed E-state index contributed by atoms with van der Waals surface area (Å²) < 4.78 is 5.11. The van der Waals surface area contributed by atoms with Crippen LogP contribution in [0.25, 0.3) is 0 Å². The second-order valence-corrected chi connectivity index (χ2v) is 14.3. The second-order valence-electron chi connectivity index (χ2n) is 14.3. The minimum atomic E-state index is -1.53. The van der Waals surface area contributed by atoms with E-state index in [-0.39, 0.29) is 13.1 Å². The molecule has 338 valence electrons. The molecule has 0 aromatic carbocycles. The maximum Gasteiger partial charge on any atom is 0.0757 e. The highest BCUT2D eigenvalue weighted by atomic mass is 16.4. The SMILES string of the molecule is CC[N+](CC)(CC)CC.CC[N+](CC)(CC)CC.CC[N+](CC)(CC)CC.CC[N+](CC)(CC)CC.O=C([O-])CN(CCN(CC(=O)[O-])CC(=O)[O-])CC(=O)[O-]. The lowest BCUT2D eigenvalue weighted by atomic mass is 10.3. The van der Waals surface area contributed by atoms with Crippen molar-refractivity contribution in [3.63, 3.8) is 0 Å². The zero-order valence-electron chi connectivity index (χ0n) is 39.5. The first-order valence-corrected chi connectivity index (χ1v) is 21.8. The van der Waals surface area contributed by atoms with Crippen LogP contribution in [-0.2, 0) is 19.2 Å². The zero-order valence-corrected chi connectivity index (χ0v) is 39.5. The molecule has 0 unspecified atom stereocenters. The molecule has 0 fully saturated rings. The van der Waals surface area contributed by atoms with Crippen molar-refractivity contribution in [2.45, 2.75) is 111 Å². The van der Waals surface area contributed by atoms with Gasteiger partial charge in [-0.25, -0.2) is 0 Å². The molecule has 0 amide bonds. The van der Waals surface area contributed by atoms with Crippen molar-refractivity contribution >= 4 is 23.9 Å². The predicted molar refractivity (Wildman–Crippen MR) is 223 cm³/mol. The van der Waals surface area contributed by atoms with E-state index in [2.05, 4.69) is 111 Å². The van der Waals surface area contributed by atoms with Crippen molar-refractivity contribution in [2.75, 3.05) is 144 Å². The van der Waals surface area contributed by atoms with Crippen molar-refractivity contribution in [1.82, 2.24) is 9.80 Å². The molecule has 0 radical (unpaired) electrons. The molecule has 56 heavy (non-hydrogen) atoms. The molecule has 0 N–H and O–H groups in total. The van der Waals surface area contributed by atoms with Gasteiger partial charge in [-0.05, 0) is 111 Å². The molecule has 0 spiro atoms. The van der Waals surface area contributed by atoms with Crippen molar-refractivity contribution in [3.05, 3.63) is 0 Å². The Labute approximate surface area is 345 Å². The summed E-state index contributed by atoms with van der Waals surface area (Å²) in [6.07, 6.45) is 0. The molecule has 0 saturated carbocycles. The number of carbonyl (C=O) groups is 4. The summed E-state index contributed by atoms with van der Waals surface area (Å²) in [5.41, 5.74) is 0. The van der Waals surface area contributed by atoms with Gasteiger partial charge in [0, 0.05) is 39.3 Å². The molecule has 0 heterocycles. The Morgan fingerprint density at radius 2 is 0.393 bits per heavy atom. The normalized spacial score (nSPS) is 11.5. The van der Waals surface area contributed by atoms with Gasteiger partial charge in [-0.3, -0.25) is 9.80 Å². The Balaban J connectivity index is -0.000000205. The van der Waals surface area contributed by atoms with Gasteiger partial charge in [-0.15, -0.1) is 0 Å². The van der Waals surface area contributed by atoms with E-state index in [0.29, 0.717) is 0 Å². The fraction of sp³-hybridized carbons (Fsp3) is 0.905. The first-order valence-electron chi connectivity index (χ1n) is 21.8. The van der Waals surface area contributed by atoms with Crippen LogP contribution in [-0.4, -0.2) is 196 Å². The molecule has 0 saturated heterocycles. The van der Waals surface area contributed by atoms with Crippen LogP contribution in [0.3, 0.4) is 0 Å². The first-order chi connectivity index (χ1) is 26.2. The van der Waals surface area contributed by atoms with Crippen molar-refractivity contribution in [3.8, 4) is 0 Å². The van der Waals surface area contributed by atoms with E-state index < -0.39 is 50.1 Å². The van der Waals surface area contributed by atoms with Gasteiger partial charge in [0.1, 0.15) is 0 Å². The minimum absolute atomic E-state index is 0.206. The van der Waals surface area contributed by atoms with E-state index in [0.717, 1.165) is 9.80 Å². The average Bonchev–Trinajstić information content (AvgIpc) is 3.18. The highest BCUT2D eigenvalue weighted by Crippen LogP contribution is 2.05. The number of hydrogen-bond acceptors (Lipinski definition) is 10. The van der Waals surface area contributed by atoms with Crippen molar-refractivity contribution in [2.24, 2.45) is 0 Å². The lowest BCUT2D eigenvalue weighted by Gasteiger charge is -2.34. The summed E-state index contributed by atoms with van der Waals surface area (Å²) >= 11 is 0. The van der Waals surface area contributed by atoms with Crippen LogP contribution in [0.1, 0.15) is 111 Å². The summed E-state index contributed by atoms with van der Waals surface area (Å²) in [6, 6.07) is 0. The monoisotopic (exact) mass is 809 g/mol. The molecule has 14 heteroatoms. The van der Waals surface area contributed by atoms with Gasteiger partial charge in [-0.1, -0.05) is 0 Å². The van der Waals surface area contributed by atoms with Gasteiger partial charge in [0.2, 0.25) is 0 Å². The number of aliphatic carboxylic acids is 4. The number of quaternary nitrogens is 4. The predicted octanol–water partition coefficient (Wildman–Crippen LogP) is 0.121. The Morgan fingerprint density at radius 1 is 0.286 bits per heavy atom. The van der Waals surface area contributed by atoms with Crippen LogP contribution >= 0.6 is 0 Å². The average molecular weight is 809 g/mol. The lowest BCUT2D eigenvalue weighted by Crippen LogP contribution is -2.50. The maximum atomic E-state index is 10.4. The largest absolute Gasteiger partial charge is 0.549 e. The molecule has 0 atom stereocenters. The van der Waals surface area contributed by atoms with Gasteiger partial charge in [-0.2, -0.15) is 0 Å². The van der Waals surface area contributed by atoms with Crippen LogP contribution in [0, 0.1) is 0 Å². The highest BCUT2D eigenvalue weighted by Gasteiger charge is 2.18. The number of rotatable bonds is 27. The fourth-order valence-corrected chi connectivity index (χ4v) is 6.81. The van der Waals surface area contributed by atoms with Crippen LogP contribution in [0.15, 0.2) is 0 Å². The highest BCUT2D eigenvalue weighted by molar-refractivity contribution is 5.71. The molecule has 0 aliphatic heterocycles. The van der Waals surface area contributed by atoms with E-state index in [1.807, 2.05) is 0 Å². The third-order valence-electron chi connectivity index (χ3n) is 12.9. The van der Waals surface area contributed by atoms with Gasteiger partial charge in [0.05, 0.1) is 129 Å². The molecule has 0 rings (SSSR count). The standard InChI is InChI=1S/C10H16N2O8.4C8H20N/c13-7(14)3-11(4-8(15)16)1-2-12(5-9(17)18)6-10(19)20;4*1-5-9(6-2,7-3)8-4/h1-6H2,(H,13,14)(H,15,16)(H,17,18)(H,19,20);4*5-8H2,1-4H3/q;4*+1/p-4. The van der Waals surface area contributed by atoms with Crippen LogP contribution in [0.4, 0.5) is 0 Å². The number of carboxylic acid groups (broad SMARTS) is 4. The smallest absolute Gasteiger partial charge is 0.0757 e. The Bertz CT molecular complexity index is 751. The van der Waals surface area contributed by atoms with E-state index in [4.69, 9.17) is 0 Å². The molecular weight excluding hydrogens is 716 g/mol. The molecule has 0 aromatic heterocycles. The number of hydrogen-bond donors (Lipinski definition) is 0. The molecular formula is C42H92N6O8. The Kier molecular flexibility index (Phi) is 41.4. The minimum Gasteiger partial charge on any atom is -0.549 e. The number of carboxylic acids is 4. The summed E-state index contributed by atoms with van der Waals surface area (Å²) in [4.78, 5) is 43.4.